The van der Waals surface area contributed by atoms with Crippen molar-refractivity contribution in [1.29, 1.82) is 5.26 Å². The summed E-state index contributed by atoms with van der Waals surface area (Å²) in [4.78, 5) is 26.8. The molecule has 8 heteroatoms. The number of hydrazine groups is 1. The molecule has 1 aromatic heterocycles. The highest BCUT2D eigenvalue weighted by molar-refractivity contribution is 6.09. The van der Waals surface area contributed by atoms with Crippen molar-refractivity contribution in [3.63, 3.8) is 0 Å². The third kappa shape index (κ3) is 2.94. The van der Waals surface area contributed by atoms with Crippen molar-refractivity contribution in [3.8, 4) is 6.07 Å². The molecular formula is C14H8F2N4O2. The van der Waals surface area contributed by atoms with E-state index in [1.54, 1.807) is 0 Å². The van der Waals surface area contributed by atoms with Gasteiger partial charge >= 0.3 is 0 Å². The van der Waals surface area contributed by atoms with Crippen LogP contribution >= 0.6 is 0 Å². The van der Waals surface area contributed by atoms with Crippen molar-refractivity contribution in [2.75, 3.05) is 0 Å². The van der Waals surface area contributed by atoms with Gasteiger partial charge < -0.3 is 0 Å². The molecule has 0 saturated heterocycles. The number of nitrogens with zero attached hydrogens (tertiary/aromatic N) is 3. The van der Waals surface area contributed by atoms with Crippen molar-refractivity contribution >= 4 is 11.8 Å². The van der Waals surface area contributed by atoms with Gasteiger partial charge in [-0.25, -0.2) is 10.9 Å². The molecule has 0 radical (unpaired) electrons. The van der Waals surface area contributed by atoms with E-state index in [9.17, 15) is 18.4 Å². The van der Waals surface area contributed by atoms with Crippen LogP contribution in [0.2, 0.25) is 0 Å². The van der Waals surface area contributed by atoms with E-state index in [0.717, 1.165) is 12.1 Å². The van der Waals surface area contributed by atoms with Crippen LogP contribution in [0, 0.1) is 23.2 Å². The van der Waals surface area contributed by atoms with Crippen molar-refractivity contribution in [1.82, 2.24) is 9.99 Å². The predicted molar refractivity (Wildman–Crippen MR) is 70.0 cm³/mol. The van der Waals surface area contributed by atoms with Crippen LogP contribution in [-0.4, -0.2) is 21.8 Å². The topological polar surface area (TPSA) is 100 Å². The van der Waals surface area contributed by atoms with Gasteiger partial charge in [0.1, 0.15) is 0 Å². The van der Waals surface area contributed by atoms with E-state index in [1.165, 1.54) is 24.3 Å². The van der Waals surface area contributed by atoms with Crippen LogP contribution in [0.25, 0.3) is 0 Å². The molecule has 2 aromatic rings. The molecule has 2 N–H and O–H groups in total. The molecule has 0 bridgehead atoms. The molecule has 0 aliphatic heterocycles. The monoisotopic (exact) mass is 302 g/mol. The standard InChI is InChI=1S/C14H8F2N4O2/c15-11-6-5-10(12(16)19-11)14(22)20(18)13(21)9-3-1-8(7-17)2-4-9/h1-6H,18H2. The number of imide groups is 1. The number of hydrogen-bond donors (Lipinski definition) is 1. The minimum atomic E-state index is -1.37. The molecule has 110 valence electrons. The molecule has 22 heavy (non-hydrogen) atoms. The SMILES string of the molecule is N#Cc1ccc(C(=O)N(N)C(=O)c2ccc(F)nc2F)cc1. The number of pyridine rings is 1. The summed E-state index contributed by atoms with van der Waals surface area (Å²) in [5, 5.41) is 8.86. The fourth-order valence-corrected chi connectivity index (χ4v) is 1.62. The average Bonchev–Trinajstić information content (AvgIpc) is 2.53. The molecule has 2 amide bonds. The Kier molecular flexibility index (Phi) is 4.20. The first-order valence-corrected chi connectivity index (χ1v) is 5.89. The van der Waals surface area contributed by atoms with Crippen molar-refractivity contribution in [2.24, 2.45) is 5.84 Å². The van der Waals surface area contributed by atoms with Crippen LogP contribution in [0.1, 0.15) is 26.3 Å². The maximum Gasteiger partial charge on any atom is 0.279 e. The number of benzene rings is 1. The number of nitrogens with two attached hydrogens (primary N) is 1. The first-order chi connectivity index (χ1) is 10.4. The lowest BCUT2D eigenvalue weighted by atomic mass is 10.1. The van der Waals surface area contributed by atoms with E-state index < -0.39 is 29.3 Å². The number of carbonyl (C=O) groups excluding carboxylic acids is 2. The quantitative estimate of drug-likeness (QED) is 0.297. The summed E-state index contributed by atoms with van der Waals surface area (Å²) in [5.74, 6) is 0.843. The van der Waals surface area contributed by atoms with Gasteiger partial charge in [-0.3, -0.25) is 9.59 Å². The van der Waals surface area contributed by atoms with Crippen molar-refractivity contribution < 1.29 is 18.4 Å². The number of hydrogen-bond acceptors (Lipinski definition) is 5. The molecule has 6 nitrogen and oxygen atoms in total. The fourth-order valence-electron chi connectivity index (χ4n) is 1.62. The second-order valence-corrected chi connectivity index (χ2v) is 4.14. The third-order valence-corrected chi connectivity index (χ3v) is 2.74. The van der Waals surface area contributed by atoms with Crippen molar-refractivity contribution in [3.05, 3.63) is 65.0 Å². The number of amides is 2. The van der Waals surface area contributed by atoms with Gasteiger partial charge in [0.15, 0.2) is 0 Å². The summed E-state index contributed by atoms with van der Waals surface area (Å²) in [7, 11) is 0. The number of rotatable bonds is 2. The van der Waals surface area contributed by atoms with Crippen LogP contribution in [0.4, 0.5) is 8.78 Å². The summed E-state index contributed by atoms with van der Waals surface area (Å²) in [6.07, 6.45) is 0. The summed E-state index contributed by atoms with van der Waals surface area (Å²) in [5.41, 5.74) is -0.281. The highest BCUT2D eigenvalue weighted by Crippen LogP contribution is 2.11. The second-order valence-electron chi connectivity index (χ2n) is 4.14. The lowest BCUT2D eigenvalue weighted by Crippen LogP contribution is -2.43. The summed E-state index contributed by atoms with van der Waals surface area (Å²) < 4.78 is 26.1. The largest absolute Gasteiger partial charge is 0.279 e. The first-order valence-electron chi connectivity index (χ1n) is 5.89. The van der Waals surface area contributed by atoms with Crippen molar-refractivity contribution in [2.45, 2.75) is 0 Å². The first kappa shape index (κ1) is 15.2. The molecule has 0 spiro atoms. The Labute approximate surface area is 123 Å². The molecular weight excluding hydrogens is 294 g/mol. The normalized spacial score (nSPS) is 9.91. The smallest absolute Gasteiger partial charge is 0.267 e. The Morgan fingerprint density at radius 1 is 1.09 bits per heavy atom. The van der Waals surface area contributed by atoms with Gasteiger partial charge in [-0.1, -0.05) is 0 Å². The maximum absolute atomic E-state index is 13.4. The van der Waals surface area contributed by atoms with Gasteiger partial charge in [-0.2, -0.15) is 19.0 Å². The van der Waals surface area contributed by atoms with E-state index in [1.807, 2.05) is 6.07 Å². The summed E-state index contributed by atoms with van der Waals surface area (Å²) in [6, 6.07) is 8.81. The lowest BCUT2D eigenvalue weighted by molar-refractivity contribution is 0.0612. The van der Waals surface area contributed by atoms with E-state index in [2.05, 4.69) is 4.98 Å². The van der Waals surface area contributed by atoms with Crippen LogP contribution in [0.3, 0.4) is 0 Å². The molecule has 0 unspecified atom stereocenters. The average molecular weight is 302 g/mol. The number of aromatic nitrogens is 1. The molecule has 0 aliphatic rings. The maximum atomic E-state index is 13.4. The molecule has 0 fully saturated rings. The Hall–Kier alpha value is -3.18. The fraction of sp³-hybridized carbons (Fsp3) is 0. The zero-order chi connectivity index (χ0) is 16.3. The number of carbonyl (C=O) groups is 2. The van der Waals surface area contributed by atoms with Gasteiger partial charge in [0.2, 0.25) is 11.9 Å². The summed E-state index contributed by atoms with van der Waals surface area (Å²) >= 11 is 0. The van der Waals surface area contributed by atoms with Gasteiger partial charge in [0.25, 0.3) is 11.8 Å². The molecule has 0 saturated carbocycles. The Bertz CT molecular complexity index is 784. The van der Waals surface area contributed by atoms with E-state index in [4.69, 9.17) is 11.1 Å². The minimum Gasteiger partial charge on any atom is -0.267 e. The van der Waals surface area contributed by atoms with Gasteiger partial charge in [0, 0.05) is 5.56 Å². The molecule has 0 atom stereocenters. The zero-order valence-electron chi connectivity index (χ0n) is 11.0. The molecule has 1 heterocycles. The van der Waals surface area contributed by atoms with Crippen LogP contribution in [-0.2, 0) is 0 Å². The minimum absolute atomic E-state index is 0.0327. The molecule has 0 aliphatic carbocycles. The second kappa shape index (κ2) is 6.07. The zero-order valence-corrected chi connectivity index (χ0v) is 11.0. The molecule has 2 rings (SSSR count). The Morgan fingerprint density at radius 3 is 2.27 bits per heavy atom. The number of halogens is 2. The highest BCUT2D eigenvalue weighted by Gasteiger charge is 2.24. The predicted octanol–water partition coefficient (Wildman–Crippen LogP) is 1.39. The third-order valence-electron chi connectivity index (χ3n) is 2.74. The van der Waals surface area contributed by atoms with Gasteiger partial charge in [-0.05, 0) is 36.4 Å². The van der Waals surface area contributed by atoms with E-state index in [-0.39, 0.29) is 10.6 Å². The van der Waals surface area contributed by atoms with Gasteiger partial charge in [0.05, 0.1) is 17.2 Å². The highest BCUT2D eigenvalue weighted by atomic mass is 19.1. The van der Waals surface area contributed by atoms with E-state index >= 15 is 0 Å². The lowest BCUT2D eigenvalue weighted by Gasteiger charge is -2.14. The van der Waals surface area contributed by atoms with Crippen LogP contribution in [0.15, 0.2) is 36.4 Å². The van der Waals surface area contributed by atoms with Crippen LogP contribution < -0.4 is 5.84 Å². The Balaban J connectivity index is 2.26. The van der Waals surface area contributed by atoms with Crippen LogP contribution in [0.5, 0.6) is 0 Å². The number of nitriles is 1. The Morgan fingerprint density at radius 2 is 1.73 bits per heavy atom. The van der Waals surface area contributed by atoms with E-state index in [0.29, 0.717) is 5.56 Å². The molecule has 1 aromatic carbocycles. The summed E-state index contributed by atoms with van der Waals surface area (Å²) in [6.45, 7) is 0. The van der Waals surface area contributed by atoms with Gasteiger partial charge in [-0.15, -0.1) is 0 Å².